The molecule has 0 atom stereocenters. The summed E-state index contributed by atoms with van der Waals surface area (Å²) in [4.78, 5) is 4.66. The van der Waals surface area contributed by atoms with Crippen LogP contribution < -0.4 is 5.32 Å². The number of nitrogens with zero attached hydrogens (tertiary/aromatic N) is 1. The summed E-state index contributed by atoms with van der Waals surface area (Å²) in [6, 6.07) is 8.71. The molecule has 2 rings (SSSR count). The molecule has 0 radical (unpaired) electrons. The maximum Gasteiger partial charge on any atom is 0.123 e. The number of aryl methyl sites for hydroxylation is 1. The van der Waals surface area contributed by atoms with Crippen molar-refractivity contribution in [3.05, 3.63) is 40.9 Å². The fourth-order valence-corrected chi connectivity index (χ4v) is 2.62. The molecule has 0 aliphatic rings. The summed E-state index contributed by atoms with van der Waals surface area (Å²) < 4.78 is 0. The Balaban J connectivity index is 2.04. The van der Waals surface area contributed by atoms with Crippen molar-refractivity contribution in [2.24, 2.45) is 0 Å². The van der Waals surface area contributed by atoms with E-state index >= 15 is 0 Å². The SMILES string of the molecule is CCCNCc1csc(-c2ccc(CC)cc2)n1. The van der Waals surface area contributed by atoms with Gasteiger partial charge >= 0.3 is 0 Å². The first-order chi connectivity index (χ1) is 8.83. The van der Waals surface area contributed by atoms with E-state index in [9.17, 15) is 0 Å². The smallest absolute Gasteiger partial charge is 0.123 e. The van der Waals surface area contributed by atoms with Crippen molar-refractivity contribution in [3.8, 4) is 10.6 Å². The topological polar surface area (TPSA) is 24.9 Å². The van der Waals surface area contributed by atoms with Crippen LogP contribution in [0.25, 0.3) is 10.6 Å². The molecule has 0 unspecified atom stereocenters. The normalized spacial score (nSPS) is 10.8. The van der Waals surface area contributed by atoms with Gasteiger partial charge < -0.3 is 5.32 Å². The van der Waals surface area contributed by atoms with Crippen molar-refractivity contribution in [2.45, 2.75) is 33.2 Å². The van der Waals surface area contributed by atoms with Crippen LogP contribution in [0.2, 0.25) is 0 Å². The summed E-state index contributed by atoms with van der Waals surface area (Å²) in [7, 11) is 0. The summed E-state index contributed by atoms with van der Waals surface area (Å²) in [5.74, 6) is 0. The van der Waals surface area contributed by atoms with Crippen LogP contribution in [0.5, 0.6) is 0 Å². The molecule has 96 valence electrons. The van der Waals surface area contributed by atoms with Gasteiger partial charge in [0.15, 0.2) is 0 Å². The van der Waals surface area contributed by atoms with Gasteiger partial charge in [-0.2, -0.15) is 0 Å². The number of aromatic nitrogens is 1. The van der Waals surface area contributed by atoms with Crippen molar-refractivity contribution in [3.63, 3.8) is 0 Å². The Morgan fingerprint density at radius 3 is 2.61 bits per heavy atom. The van der Waals surface area contributed by atoms with Gasteiger partial charge in [0.05, 0.1) is 5.69 Å². The zero-order valence-electron chi connectivity index (χ0n) is 11.1. The summed E-state index contributed by atoms with van der Waals surface area (Å²) in [6.07, 6.45) is 2.25. The molecule has 0 fully saturated rings. The summed E-state index contributed by atoms with van der Waals surface area (Å²) in [6.45, 7) is 6.28. The molecule has 0 amide bonds. The third-order valence-corrected chi connectivity index (χ3v) is 3.83. The first-order valence-corrected chi connectivity index (χ1v) is 7.46. The van der Waals surface area contributed by atoms with Crippen LogP contribution >= 0.6 is 11.3 Å². The third-order valence-electron chi connectivity index (χ3n) is 2.89. The first kappa shape index (κ1) is 13.2. The van der Waals surface area contributed by atoms with Gasteiger partial charge in [-0.05, 0) is 24.9 Å². The average Bonchev–Trinajstić information content (AvgIpc) is 2.88. The Labute approximate surface area is 113 Å². The largest absolute Gasteiger partial charge is 0.311 e. The quantitative estimate of drug-likeness (QED) is 0.797. The Kier molecular flexibility index (Phi) is 4.90. The van der Waals surface area contributed by atoms with E-state index in [4.69, 9.17) is 0 Å². The zero-order valence-corrected chi connectivity index (χ0v) is 11.9. The van der Waals surface area contributed by atoms with Crippen molar-refractivity contribution >= 4 is 11.3 Å². The number of thiazole rings is 1. The second-order valence-corrected chi connectivity index (χ2v) is 5.23. The van der Waals surface area contributed by atoms with Crippen molar-refractivity contribution in [1.82, 2.24) is 10.3 Å². The molecule has 0 saturated carbocycles. The first-order valence-electron chi connectivity index (χ1n) is 6.58. The Morgan fingerprint density at radius 1 is 1.17 bits per heavy atom. The van der Waals surface area contributed by atoms with Crippen LogP contribution in [0, 0.1) is 0 Å². The van der Waals surface area contributed by atoms with Crippen molar-refractivity contribution in [2.75, 3.05) is 6.54 Å². The van der Waals surface area contributed by atoms with Gasteiger partial charge in [0.2, 0.25) is 0 Å². The van der Waals surface area contributed by atoms with Crippen LogP contribution in [0.4, 0.5) is 0 Å². The molecular formula is C15H20N2S. The van der Waals surface area contributed by atoms with Crippen LogP contribution in [-0.4, -0.2) is 11.5 Å². The minimum Gasteiger partial charge on any atom is -0.311 e. The van der Waals surface area contributed by atoms with Crippen molar-refractivity contribution in [1.29, 1.82) is 0 Å². The average molecular weight is 260 g/mol. The van der Waals surface area contributed by atoms with E-state index < -0.39 is 0 Å². The Bertz CT molecular complexity index is 473. The van der Waals surface area contributed by atoms with E-state index in [0.29, 0.717) is 0 Å². The summed E-state index contributed by atoms with van der Waals surface area (Å²) in [5, 5.41) is 6.64. The molecule has 18 heavy (non-hydrogen) atoms. The van der Waals surface area contributed by atoms with Gasteiger partial charge in [-0.3, -0.25) is 0 Å². The van der Waals surface area contributed by atoms with Crippen LogP contribution in [-0.2, 0) is 13.0 Å². The van der Waals surface area contributed by atoms with E-state index in [1.807, 2.05) is 0 Å². The van der Waals surface area contributed by atoms with E-state index in [2.05, 4.69) is 53.8 Å². The summed E-state index contributed by atoms with van der Waals surface area (Å²) in [5.41, 5.74) is 3.74. The van der Waals surface area contributed by atoms with E-state index in [1.54, 1.807) is 11.3 Å². The van der Waals surface area contributed by atoms with Gasteiger partial charge in [0.25, 0.3) is 0 Å². The van der Waals surface area contributed by atoms with Gasteiger partial charge in [0, 0.05) is 17.5 Å². The lowest BCUT2D eigenvalue weighted by molar-refractivity contribution is 0.667. The third kappa shape index (κ3) is 3.40. The lowest BCUT2D eigenvalue weighted by atomic mass is 10.1. The summed E-state index contributed by atoms with van der Waals surface area (Å²) >= 11 is 1.72. The zero-order chi connectivity index (χ0) is 12.8. The molecule has 1 N–H and O–H groups in total. The second kappa shape index (κ2) is 6.66. The predicted molar refractivity (Wildman–Crippen MR) is 78.9 cm³/mol. The van der Waals surface area contributed by atoms with Gasteiger partial charge in [-0.25, -0.2) is 4.98 Å². The van der Waals surface area contributed by atoms with E-state index in [-0.39, 0.29) is 0 Å². The number of nitrogens with one attached hydrogen (secondary N) is 1. The lowest BCUT2D eigenvalue weighted by Crippen LogP contribution is -2.13. The molecular weight excluding hydrogens is 240 g/mol. The fourth-order valence-electron chi connectivity index (χ4n) is 1.80. The van der Waals surface area contributed by atoms with Crippen LogP contribution in [0.1, 0.15) is 31.5 Å². The highest BCUT2D eigenvalue weighted by Gasteiger charge is 2.04. The molecule has 2 aromatic rings. The van der Waals surface area contributed by atoms with E-state index in [0.717, 1.165) is 36.6 Å². The monoisotopic (exact) mass is 260 g/mol. The van der Waals surface area contributed by atoms with Crippen LogP contribution in [0.3, 0.4) is 0 Å². The second-order valence-electron chi connectivity index (χ2n) is 4.37. The molecule has 1 heterocycles. The highest BCUT2D eigenvalue weighted by atomic mass is 32.1. The maximum atomic E-state index is 4.66. The molecule has 0 bridgehead atoms. The minimum absolute atomic E-state index is 0.872. The van der Waals surface area contributed by atoms with Gasteiger partial charge in [-0.1, -0.05) is 38.1 Å². The van der Waals surface area contributed by atoms with Crippen LogP contribution in [0.15, 0.2) is 29.6 Å². The highest BCUT2D eigenvalue weighted by Crippen LogP contribution is 2.24. The Hall–Kier alpha value is -1.19. The number of rotatable bonds is 6. The molecule has 1 aromatic carbocycles. The molecule has 2 nitrogen and oxygen atoms in total. The maximum absolute atomic E-state index is 4.66. The number of hydrogen-bond acceptors (Lipinski definition) is 3. The fraction of sp³-hybridized carbons (Fsp3) is 0.400. The van der Waals surface area contributed by atoms with E-state index in [1.165, 1.54) is 11.1 Å². The molecule has 3 heteroatoms. The standard InChI is InChI=1S/C15H20N2S/c1-3-9-16-10-14-11-18-15(17-14)13-7-5-12(4-2)6-8-13/h5-8,11,16H,3-4,9-10H2,1-2H3. The molecule has 0 aliphatic heterocycles. The highest BCUT2D eigenvalue weighted by molar-refractivity contribution is 7.13. The predicted octanol–water partition coefficient (Wildman–Crippen LogP) is 3.87. The molecule has 1 aromatic heterocycles. The van der Waals surface area contributed by atoms with Crippen molar-refractivity contribution < 1.29 is 0 Å². The van der Waals surface area contributed by atoms with Gasteiger partial charge in [-0.15, -0.1) is 11.3 Å². The number of hydrogen-bond donors (Lipinski definition) is 1. The van der Waals surface area contributed by atoms with Gasteiger partial charge in [0.1, 0.15) is 5.01 Å². The number of benzene rings is 1. The molecule has 0 spiro atoms. The Morgan fingerprint density at radius 2 is 1.94 bits per heavy atom. The molecule has 0 aliphatic carbocycles. The molecule has 0 saturated heterocycles. The minimum atomic E-state index is 0.872. The lowest BCUT2D eigenvalue weighted by Gasteiger charge is -2.00.